The van der Waals surface area contributed by atoms with Crippen LogP contribution in [0.25, 0.3) is 0 Å². The summed E-state index contributed by atoms with van der Waals surface area (Å²) >= 11 is 4.68. The molecule has 0 spiro atoms. The molecule has 0 heterocycles. The zero-order chi connectivity index (χ0) is 14.1. The van der Waals surface area contributed by atoms with Crippen LogP contribution in [0.3, 0.4) is 0 Å². The molecule has 0 aliphatic rings. The quantitative estimate of drug-likeness (QED) is 0.849. The van der Waals surface area contributed by atoms with Crippen LogP contribution >= 0.6 is 12.2 Å². The Morgan fingerprint density at radius 1 is 1.44 bits per heavy atom. The minimum absolute atomic E-state index is 0.0575. The maximum atomic E-state index is 13.5. The summed E-state index contributed by atoms with van der Waals surface area (Å²) in [6, 6.07) is 1.41. The van der Waals surface area contributed by atoms with Crippen molar-refractivity contribution in [2.75, 3.05) is 7.05 Å². The van der Waals surface area contributed by atoms with Crippen LogP contribution in [0.2, 0.25) is 0 Å². The van der Waals surface area contributed by atoms with E-state index in [2.05, 4.69) is 12.2 Å². The molecule has 2 N–H and O–H groups in total. The van der Waals surface area contributed by atoms with Crippen LogP contribution in [0.5, 0.6) is 0 Å². The molecule has 0 aliphatic carbocycles. The van der Waals surface area contributed by atoms with Gasteiger partial charge in [-0.15, -0.1) is 0 Å². The second kappa shape index (κ2) is 5.25. The van der Waals surface area contributed by atoms with E-state index in [0.717, 1.165) is 16.4 Å². The molecular formula is C10H12F2N2O2S2. The lowest BCUT2D eigenvalue weighted by Gasteiger charge is -2.23. The van der Waals surface area contributed by atoms with E-state index in [9.17, 15) is 17.2 Å². The van der Waals surface area contributed by atoms with Gasteiger partial charge in [0.2, 0.25) is 10.0 Å². The Hall–Kier alpha value is -1.12. The number of benzene rings is 1. The van der Waals surface area contributed by atoms with Gasteiger partial charge in [0.25, 0.3) is 0 Å². The van der Waals surface area contributed by atoms with Gasteiger partial charge in [-0.25, -0.2) is 17.2 Å². The number of hydrogen-bond donors (Lipinski definition) is 1. The van der Waals surface area contributed by atoms with Gasteiger partial charge >= 0.3 is 0 Å². The van der Waals surface area contributed by atoms with E-state index >= 15 is 0 Å². The summed E-state index contributed by atoms with van der Waals surface area (Å²) in [5, 5.41) is 0. The van der Waals surface area contributed by atoms with Gasteiger partial charge in [0.1, 0.15) is 16.5 Å². The van der Waals surface area contributed by atoms with E-state index < -0.39 is 32.6 Å². The molecule has 0 saturated heterocycles. The molecule has 0 aromatic heterocycles. The highest BCUT2D eigenvalue weighted by Crippen LogP contribution is 2.21. The van der Waals surface area contributed by atoms with Gasteiger partial charge in [0.15, 0.2) is 0 Å². The molecule has 1 unspecified atom stereocenters. The van der Waals surface area contributed by atoms with E-state index in [1.807, 2.05) is 0 Å². The first-order chi connectivity index (χ1) is 8.17. The first kappa shape index (κ1) is 14.9. The fraction of sp³-hybridized carbons (Fsp3) is 0.300. The molecular weight excluding hydrogens is 282 g/mol. The zero-order valence-electron chi connectivity index (χ0n) is 9.72. The molecule has 1 aromatic carbocycles. The Balaban J connectivity index is 3.29. The largest absolute Gasteiger partial charge is 0.392 e. The first-order valence-electron chi connectivity index (χ1n) is 4.90. The number of thiocarbonyl (C=S) groups is 1. The van der Waals surface area contributed by atoms with E-state index in [-0.39, 0.29) is 4.99 Å². The Bertz CT molecular complexity index is 575. The summed E-state index contributed by atoms with van der Waals surface area (Å²) in [5.41, 5.74) is 5.34. The molecule has 1 aromatic rings. The molecule has 0 radical (unpaired) electrons. The van der Waals surface area contributed by atoms with Crippen LogP contribution in [0.1, 0.15) is 6.92 Å². The fourth-order valence-electron chi connectivity index (χ4n) is 1.22. The highest BCUT2D eigenvalue weighted by atomic mass is 32.2. The van der Waals surface area contributed by atoms with Gasteiger partial charge in [0, 0.05) is 7.05 Å². The molecule has 8 heteroatoms. The smallest absolute Gasteiger partial charge is 0.246 e. The average molecular weight is 294 g/mol. The van der Waals surface area contributed by atoms with Crippen molar-refractivity contribution in [1.82, 2.24) is 4.31 Å². The van der Waals surface area contributed by atoms with E-state index in [1.54, 1.807) is 0 Å². The van der Waals surface area contributed by atoms with E-state index in [0.29, 0.717) is 6.07 Å². The lowest BCUT2D eigenvalue weighted by atomic mass is 10.3. The zero-order valence-corrected chi connectivity index (χ0v) is 11.4. The lowest BCUT2D eigenvalue weighted by Crippen LogP contribution is -2.42. The summed E-state index contributed by atoms with van der Waals surface area (Å²) in [7, 11) is -2.99. The molecule has 0 fully saturated rings. The maximum Gasteiger partial charge on any atom is 0.246 e. The first-order valence-corrected chi connectivity index (χ1v) is 6.75. The third kappa shape index (κ3) is 2.82. The number of nitrogens with two attached hydrogens (primary N) is 1. The van der Waals surface area contributed by atoms with Crippen molar-refractivity contribution in [1.29, 1.82) is 0 Å². The van der Waals surface area contributed by atoms with Gasteiger partial charge in [-0.1, -0.05) is 12.2 Å². The molecule has 1 atom stereocenters. The molecule has 100 valence electrons. The Morgan fingerprint density at radius 2 is 2.00 bits per heavy atom. The second-order valence-electron chi connectivity index (χ2n) is 3.67. The van der Waals surface area contributed by atoms with E-state index in [1.165, 1.54) is 14.0 Å². The van der Waals surface area contributed by atoms with Gasteiger partial charge in [-0.2, -0.15) is 4.31 Å². The van der Waals surface area contributed by atoms with Gasteiger partial charge in [-0.3, -0.25) is 0 Å². The summed E-state index contributed by atoms with van der Waals surface area (Å²) in [6.07, 6.45) is 0. The molecule has 18 heavy (non-hydrogen) atoms. The van der Waals surface area contributed by atoms with Crippen LogP contribution in [-0.4, -0.2) is 30.8 Å². The van der Waals surface area contributed by atoms with Gasteiger partial charge in [-0.05, 0) is 25.1 Å². The van der Waals surface area contributed by atoms with Gasteiger partial charge in [0.05, 0.1) is 11.0 Å². The molecule has 0 bridgehead atoms. The van der Waals surface area contributed by atoms with Crippen LogP contribution in [0, 0.1) is 11.6 Å². The van der Waals surface area contributed by atoms with Crippen LogP contribution in [0.4, 0.5) is 8.78 Å². The van der Waals surface area contributed by atoms with Gasteiger partial charge < -0.3 is 5.73 Å². The Kier molecular flexibility index (Phi) is 4.36. The number of rotatable bonds is 4. The summed E-state index contributed by atoms with van der Waals surface area (Å²) in [6.45, 7) is 1.46. The summed E-state index contributed by atoms with van der Waals surface area (Å²) in [4.78, 5) is -0.800. The Morgan fingerprint density at radius 3 is 2.50 bits per heavy atom. The van der Waals surface area contributed by atoms with Crippen molar-refractivity contribution >= 4 is 27.2 Å². The number of likely N-dealkylation sites (N-methyl/N-ethyl adjacent to an activating group) is 1. The normalized spacial score (nSPS) is 13.6. The summed E-state index contributed by atoms with van der Waals surface area (Å²) < 4.78 is 51.4. The molecule has 0 saturated carbocycles. The van der Waals surface area contributed by atoms with Crippen molar-refractivity contribution in [2.45, 2.75) is 17.9 Å². The van der Waals surface area contributed by atoms with Crippen molar-refractivity contribution in [2.24, 2.45) is 5.73 Å². The van der Waals surface area contributed by atoms with Crippen LogP contribution in [-0.2, 0) is 10.0 Å². The predicted octanol–water partition coefficient (Wildman–Crippen LogP) is 1.26. The number of nitrogens with zero attached hydrogens (tertiary/aromatic N) is 1. The van der Waals surface area contributed by atoms with Crippen LogP contribution < -0.4 is 5.73 Å². The highest BCUT2D eigenvalue weighted by molar-refractivity contribution is 7.89. The predicted molar refractivity (Wildman–Crippen MR) is 67.6 cm³/mol. The monoisotopic (exact) mass is 294 g/mol. The SMILES string of the molecule is CC(C(N)=S)N(C)S(=O)(=O)c1cc(F)ccc1F. The average Bonchev–Trinajstić information content (AvgIpc) is 2.29. The molecule has 4 nitrogen and oxygen atoms in total. The van der Waals surface area contributed by atoms with E-state index in [4.69, 9.17) is 5.73 Å². The van der Waals surface area contributed by atoms with Crippen molar-refractivity contribution < 1.29 is 17.2 Å². The second-order valence-corrected chi connectivity index (χ2v) is 6.11. The number of sulfonamides is 1. The van der Waals surface area contributed by atoms with Crippen LogP contribution in [0.15, 0.2) is 23.1 Å². The number of halogens is 2. The lowest BCUT2D eigenvalue weighted by molar-refractivity contribution is 0.444. The number of hydrogen-bond acceptors (Lipinski definition) is 3. The van der Waals surface area contributed by atoms with Crippen molar-refractivity contribution in [3.8, 4) is 0 Å². The van der Waals surface area contributed by atoms with Crippen molar-refractivity contribution in [3.05, 3.63) is 29.8 Å². The summed E-state index contributed by atoms with van der Waals surface area (Å²) in [5.74, 6) is -1.87. The van der Waals surface area contributed by atoms with Crippen molar-refractivity contribution in [3.63, 3.8) is 0 Å². The highest BCUT2D eigenvalue weighted by Gasteiger charge is 2.29. The minimum atomic E-state index is -4.19. The maximum absolute atomic E-state index is 13.5. The third-order valence-electron chi connectivity index (χ3n) is 2.51. The Labute approximate surface area is 109 Å². The molecule has 0 aliphatic heterocycles. The molecule has 0 amide bonds. The minimum Gasteiger partial charge on any atom is -0.392 e. The molecule has 1 rings (SSSR count). The standard InChI is InChI=1S/C10H12F2N2O2S2/c1-6(10(13)17)14(2)18(15,16)9-5-7(11)3-4-8(9)12/h3-6H,1-2H3,(H2,13,17). The fourth-order valence-corrected chi connectivity index (χ4v) is 2.86. The third-order valence-corrected chi connectivity index (χ3v) is 4.79. The topological polar surface area (TPSA) is 63.4 Å².